The Kier molecular flexibility index (Phi) is 7.93. The number of rotatable bonds is 10. The number of thioether (sulfide) groups is 1. The van der Waals surface area contributed by atoms with Crippen molar-refractivity contribution in [3.05, 3.63) is 47.0 Å². The number of nitro groups is 1. The highest BCUT2D eigenvalue weighted by atomic mass is 32.2. The van der Waals surface area contributed by atoms with E-state index in [0.29, 0.717) is 4.90 Å². The lowest BCUT2D eigenvalue weighted by Crippen LogP contribution is -2.46. The van der Waals surface area contributed by atoms with Crippen molar-refractivity contribution in [2.75, 3.05) is 13.2 Å². The standard InChI is InChI=1S/C15H18N2O6S/c1-3-8-23-9-13(15(19)20)16-14(18)10(2)24-12-6-4-11(5-7-12)17(21)22/h3-7,10,13H,1,8-9H2,2H3,(H,16,18)(H,19,20). The number of carbonyl (C=O) groups excluding carboxylic acids is 1. The molecule has 1 amide bonds. The molecule has 0 fully saturated rings. The Morgan fingerprint density at radius 2 is 2.08 bits per heavy atom. The van der Waals surface area contributed by atoms with Gasteiger partial charge in [0, 0.05) is 17.0 Å². The van der Waals surface area contributed by atoms with Crippen molar-refractivity contribution in [3.63, 3.8) is 0 Å². The Labute approximate surface area is 143 Å². The zero-order valence-corrected chi connectivity index (χ0v) is 13.8. The van der Waals surface area contributed by atoms with E-state index >= 15 is 0 Å². The molecule has 2 unspecified atom stereocenters. The van der Waals surface area contributed by atoms with Gasteiger partial charge in [0.25, 0.3) is 5.69 Å². The van der Waals surface area contributed by atoms with E-state index in [2.05, 4.69) is 11.9 Å². The monoisotopic (exact) mass is 354 g/mol. The van der Waals surface area contributed by atoms with Crippen LogP contribution in [0.5, 0.6) is 0 Å². The molecular formula is C15H18N2O6S. The highest BCUT2D eigenvalue weighted by molar-refractivity contribution is 8.00. The first-order valence-corrected chi connectivity index (χ1v) is 7.86. The van der Waals surface area contributed by atoms with Gasteiger partial charge in [0.2, 0.25) is 5.91 Å². The van der Waals surface area contributed by atoms with Crippen LogP contribution >= 0.6 is 11.8 Å². The Bertz CT molecular complexity index is 604. The number of carboxylic acid groups (broad SMARTS) is 1. The molecule has 0 saturated carbocycles. The lowest BCUT2D eigenvalue weighted by Gasteiger charge is -2.17. The van der Waals surface area contributed by atoms with Crippen LogP contribution in [0.1, 0.15) is 6.92 Å². The molecule has 2 N–H and O–H groups in total. The van der Waals surface area contributed by atoms with Gasteiger partial charge in [-0.1, -0.05) is 6.08 Å². The molecule has 9 heteroatoms. The van der Waals surface area contributed by atoms with Crippen molar-refractivity contribution < 1.29 is 24.4 Å². The van der Waals surface area contributed by atoms with Gasteiger partial charge in [0.05, 0.1) is 23.4 Å². The molecule has 24 heavy (non-hydrogen) atoms. The molecule has 0 aliphatic carbocycles. The summed E-state index contributed by atoms with van der Waals surface area (Å²) in [6.07, 6.45) is 1.48. The smallest absolute Gasteiger partial charge is 0.328 e. The van der Waals surface area contributed by atoms with Gasteiger partial charge < -0.3 is 15.2 Å². The molecule has 0 bridgehead atoms. The van der Waals surface area contributed by atoms with E-state index in [0.717, 1.165) is 0 Å². The molecule has 0 aliphatic rings. The van der Waals surface area contributed by atoms with Gasteiger partial charge in [-0.05, 0) is 19.1 Å². The molecule has 0 saturated heterocycles. The maximum absolute atomic E-state index is 12.1. The van der Waals surface area contributed by atoms with Crippen LogP contribution in [0.3, 0.4) is 0 Å². The van der Waals surface area contributed by atoms with E-state index in [1.165, 1.54) is 42.1 Å². The van der Waals surface area contributed by atoms with Crippen molar-refractivity contribution in [2.24, 2.45) is 0 Å². The van der Waals surface area contributed by atoms with E-state index in [9.17, 15) is 19.7 Å². The van der Waals surface area contributed by atoms with Crippen molar-refractivity contribution in [1.82, 2.24) is 5.32 Å². The van der Waals surface area contributed by atoms with E-state index in [-0.39, 0.29) is 18.9 Å². The summed E-state index contributed by atoms with van der Waals surface area (Å²) >= 11 is 1.17. The minimum absolute atomic E-state index is 0.0400. The van der Waals surface area contributed by atoms with Crippen molar-refractivity contribution in [1.29, 1.82) is 0 Å². The van der Waals surface area contributed by atoms with Crippen LogP contribution < -0.4 is 5.32 Å². The topological polar surface area (TPSA) is 119 Å². The number of ether oxygens (including phenoxy) is 1. The number of benzene rings is 1. The van der Waals surface area contributed by atoms with E-state index in [1.54, 1.807) is 6.92 Å². The molecule has 0 aromatic heterocycles. The number of carboxylic acids is 1. The van der Waals surface area contributed by atoms with Gasteiger partial charge in [-0.2, -0.15) is 0 Å². The molecule has 8 nitrogen and oxygen atoms in total. The molecule has 0 heterocycles. The van der Waals surface area contributed by atoms with Crippen LogP contribution in [0.2, 0.25) is 0 Å². The maximum atomic E-state index is 12.1. The first-order chi connectivity index (χ1) is 11.3. The lowest BCUT2D eigenvalue weighted by atomic mass is 10.3. The summed E-state index contributed by atoms with van der Waals surface area (Å²) in [5.41, 5.74) is -0.0400. The molecule has 0 aliphatic heterocycles. The van der Waals surface area contributed by atoms with Crippen LogP contribution in [0.15, 0.2) is 41.8 Å². The lowest BCUT2D eigenvalue weighted by molar-refractivity contribution is -0.384. The van der Waals surface area contributed by atoms with E-state index < -0.39 is 28.1 Å². The van der Waals surface area contributed by atoms with Gasteiger partial charge in [0.1, 0.15) is 0 Å². The van der Waals surface area contributed by atoms with Crippen LogP contribution in [-0.4, -0.2) is 46.4 Å². The summed E-state index contributed by atoms with van der Waals surface area (Å²) in [5.74, 6) is -1.66. The Balaban J connectivity index is 2.60. The molecule has 130 valence electrons. The third-order valence-corrected chi connectivity index (χ3v) is 3.98. The fourth-order valence-corrected chi connectivity index (χ4v) is 2.51. The number of amides is 1. The molecular weight excluding hydrogens is 336 g/mol. The zero-order chi connectivity index (χ0) is 18.1. The number of non-ortho nitro benzene ring substituents is 1. The summed E-state index contributed by atoms with van der Waals surface area (Å²) in [7, 11) is 0. The van der Waals surface area contributed by atoms with Gasteiger partial charge in [-0.25, -0.2) is 4.79 Å². The fraction of sp³-hybridized carbons (Fsp3) is 0.333. The summed E-state index contributed by atoms with van der Waals surface area (Å²) in [6, 6.07) is 4.60. The molecule has 0 spiro atoms. The number of aliphatic carboxylic acids is 1. The second kappa shape index (κ2) is 9.68. The third-order valence-electron chi connectivity index (χ3n) is 2.86. The minimum atomic E-state index is -1.19. The number of hydrogen-bond donors (Lipinski definition) is 2. The second-order valence-corrected chi connectivity index (χ2v) is 6.15. The van der Waals surface area contributed by atoms with Crippen LogP contribution in [0.4, 0.5) is 5.69 Å². The third kappa shape index (κ3) is 6.39. The summed E-state index contributed by atoms with van der Waals surface area (Å²) in [4.78, 5) is 34.0. The van der Waals surface area contributed by atoms with Crippen LogP contribution in [-0.2, 0) is 14.3 Å². The number of hydrogen-bond acceptors (Lipinski definition) is 6. The number of nitrogens with zero attached hydrogens (tertiary/aromatic N) is 1. The van der Waals surface area contributed by atoms with Crippen molar-refractivity contribution in [2.45, 2.75) is 23.1 Å². The first kappa shape index (κ1) is 19.7. The highest BCUT2D eigenvalue weighted by Crippen LogP contribution is 2.25. The molecule has 2 atom stereocenters. The first-order valence-electron chi connectivity index (χ1n) is 6.98. The van der Waals surface area contributed by atoms with E-state index in [1.807, 2.05) is 0 Å². The minimum Gasteiger partial charge on any atom is -0.480 e. The Morgan fingerprint density at radius 1 is 1.46 bits per heavy atom. The maximum Gasteiger partial charge on any atom is 0.328 e. The summed E-state index contributed by atoms with van der Waals surface area (Å²) in [6.45, 7) is 5.09. The van der Waals surface area contributed by atoms with Crippen molar-refractivity contribution >= 4 is 29.3 Å². The number of nitro benzene ring substituents is 1. The molecule has 1 rings (SSSR count). The SMILES string of the molecule is C=CCOCC(NC(=O)C(C)Sc1ccc([N+](=O)[O-])cc1)C(=O)O. The Hall–Kier alpha value is -2.39. The van der Waals surface area contributed by atoms with Gasteiger partial charge in [-0.3, -0.25) is 14.9 Å². The molecule has 1 aromatic carbocycles. The van der Waals surface area contributed by atoms with Crippen LogP contribution in [0.25, 0.3) is 0 Å². The van der Waals surface area contributed by atoms with E-state index in [4.69, 9.17) is 9.84 Å². The number of carbonyl (C=O) groups is 2. The number of nitrogens with one attached hydrogen (secondary N) is 1. The van der Waals surface area contributed by atoms with Gasteiger partial charge in [0.15, 0.2) is 6.04 Å². The van der Waals surface area contributed by atoms with Crippen molar-refractivity contribution in [3.8, 4) is 0 Å². The Morgan fingerprint density at radius 3 is 2.58 bits per heavy atom. The van der Waals surface area contributed by atoms with Crippen LogP contribution in [0, 0.1) is 10.1 Å². The summed E-state index contributed by atoms with van der Waals surface area (Å²) in [5, 5.41) is 21.5. The predicted octanol–water partition coefficient (Wildman–Crippen LogP) is 1.85. The zero-order valence-electron chi connectivity index (χ0n) is 13.0. The second-order valence-electron chi connectivity index (χ2n) is 4.74. The molecule has 0 radical (unpaired) electrons. The predicted molar refractivity (Wildman–Crippen MR) is 89.0 cm³/mol. The fourth-order valence-electron chi connectivity index (χ4n) is 1.64. The highest BCUT2D eigenvalue weighted by Gasteiger charge is 2.23. The average Bonchev–Trinajstić information content (AvgIpc) is 2.54. The summed E-state index contributed by atoms with van der Waals surface area (Å²) < 4.78 is 5.06. The molecule has 1 aromatic rings. The quantitative estimate of drug-likeness (QED) is 0.216. The van der Waals surface area contributed by atoms with Gasteiger partial charge in [-0.15, -0.1) is 18.3 Å². The largest absolute Gasteiger partial charge is 0.480 e. The normalized spacial score (nSPS) is 12.9. The van der Waals surface area contributed by atoms with Gasteiger partial charge >= 0.3 is 5.97 Å². The average molecular weight is 354 g/mol.